The molecule has 1 amide bonds. The monoisotopic (exact) mass is 393 g/mol. The maximum absolute atomic E-state index is 13.6. The molecule has 0 saturated heterocycles. The van der Waals surface area contributed by atoms with Gasteiger partial charge in [-0.25, -0.2) is 9.18 Å². The molecule has 0 bridgehead atoms. The van der Waals surface area contributed by atoms with E-state index in [0.29, 0.717) is 11.3 Å². The van der Waals surface area contributed by atoms with Crippen LogP contribution in [0.15, 0.2) is 78.9 Å². The van der Waals surface area contributed by atoms with Gasteiger partial charge >= 0.3 is 5.97 Å². The Bertz CT molecular complexity index is 974. The van der Waals surface area contributed by atoms with Crippen LogP contribution in [-0.2, 0) is 14.3 Å². The molecule has 5 nitrogen and oxygen atoms in total. The van der Waals surface area contributed by atoms with Crippen LogP contribution in [0.5, 0.6) is 5.75 Å². The van der Waals surface area contributed by atoms with Gasteiger partial charge in [0.2, 0.25) is 6.10 Å². The zero-order chi connectivity index (χ0) is 20.6. The number of anilines is 1. The molecule has 3 aromatic carbocycles. The third-order valence-electron chi connectivity index (χ3n) is 4.09. The molecule has 0 aromatic heterocycles. The number of ether oxygens (including phenoxy) is 2. The lowest BCUT2D eigenvalue weighted by molar-refractivity contribution is -0.156. The SMILES string of the molecule is Cc1ccc(NC(=O)[C@H](OC(=O)COc2ccccc2F)c2ccccc2)cc1. The molecule has 1 N–H and O–H groups in total. The van der Waals surface area contributed by atoms with Crippen molar-refractivity contribution in [3.05, 3.63) is 95.8 Å². The van der Waals surface area contributed by atoms with Crippen molar-refractivity contribution in [1.29, 1.82) is 0 Å². The van der Waals surface area contributed by atoms with Crippen LogP contribution in [0.4, 0.5) is 10.1 Å². The predicted octanol–water partition coefficient (Wildman–Crippen LogP) is 4.44. The summed E-state index contributed by atoms with van der Waals surface area (Å²) in [5.41, 5.74) is 2.15. The van der Waals surface area contributed by atoms with Crippen molar-refractivity contribution in [2.45, 2.75) is 13.0 Å². The Balaban J connectivity index is 1.70. The van der Waals surface area contributed by atoms with Gasteiger partial charge in [-0.15, -0.1) is 0 Å². The molecule has 0 aliphatic heterocycles. The fraction of sp³-hybridized carbons (Fsp3) is 0.130. The molecule has 0 saturated carbocycles. The minimum Gasteiger partial charge on any atom is -0.479 e. The second-order valence-electron chi connectivity index (χ2n) is 6.35. The highest BCUT2D eigenvalue weighted by Gasteiger charge is 2.25. The summed E-state index contributed by atoms with van der Waals surface area (Å²) in [6.07, 6.45) is -1.17. The summed E-state index contributed by atoms with van der Waals surface area (Å²) in [7, 11) is 0. The molecule has 0 spiro atoms. The van der Waals surface area contributed by atoms with Crippen LogP contribution in [0.25, 0.3) is 0 Å². The van der Waals surface area contributed by atoms with Gasteiger partial charge in [0.15, 0.2) is 18.2 Å². The van der Waals surface area contributed by atoms with E-state index in [0.717, 1.165) is 5.56 Å². The first kappa shape index (κ1) is 20.1. The van der Waals surface area contributed by atoms with E-state index < -0.39 is 30.4 Å². The lowest BCUT2D eigenvalue weighted by Crippen LogP contribution is -2.28. The molecule has 0 aliphatic carbocycles. The lowest BCUT2D eigenvalue weighted by Gasteiger charge is -2.18. The van der Waals surface area contributed by atoms with E-state index in [1.54, 1.807) is 48.5 Å². The van der Waals surface area contributed by atoms with Crippen LogP contribution in [0.1, 0.15) is 17.2 Å². The van der Waals surface area contributed by atoms with E-state index in [4.69, 9.17) is 9.47 Å². The summed E-state index contributed by atoms with van der Waals surface area (Å²) in [5.74, 6) is -1.94. The van der Waals surface area contributed by atoms with Gasteiger partial charge < -0.3 is 14.8 Å². The van der Waals surface area contributed by atoms with E-state index in [9.17, 15) is 14.0 Å². The van der Waals surface area contributed by atoms with Crippen molar-refractivity contribution in [3.8, 4) is 5.75 Å². The molecular formula is C23H20FNO4. The number of rotatable bonds is 7. The molecule has 1 atom stereocenters. The average Bonchev–Trinajstić information content (AvgIpc) is 2.73. The maximum Gasteiger partial charge on any atom is 0.345 e. The quantitative estimate of drug-likeness (QED) is 0.603. The van der Waals surface area contributed by atoms with Crippen LogP contribution in [0.2, 0.25) is 0 Å². The summed E-state index contributed by atoms with van der Waals surface area (Å²) in [6.45, 7) is 1.41. The molecule has 3 aromatic rings. The number of hydrogen-bond acceptors (Lipinski definition) is 4. The Labute approximate surface area is 168 Å². The van der Waals surface area contributed by atoms with Gasteiger partial charge in [0.1, 0.15) is 0 Å². The predicted molar refractivity (Wildman–Crippen MR) is 107 cm³/mol. The third-order valence-corrected chi connectivity index (χ3v) is 4.09. The molecule has 0 fully saturated rings. The number of aryl methyl sites for hydroxylation is 1. The van der Waals surface area contributed by atoms with Crippen molar-refractivity contribution in [2.75, 3.05) is 11.9 Å². The Kier molecular flexibility index (Phi) is 6.58. The van der Waals surface area contributed by atoms with Gasteiger partial charge in [0.25, 0.3) is 5.91 Å². The molecule has 148 valence electrons. The largest absolute Gasteiger partial charge is 0.479 e. The second-order valence-corrected chi connectivity index (χ2v) is 6.35. The number of amides is 1. The zero-order valence-corrected chi connectivity index (χ0v) is 15.8. The summed E-state index contributed by atoms with van der Waals surface area (Å²) < 4.78 is 24.1. The summed E-state index contributed by atoms with van der Waals surface area (Å²) in [4.78, 5) is 25.0. The van der Waals surface area contributed by atoms with Crippen molar-refractivity contribution in [1.82, 2.24) is 0 Å². The van der Waals surface area contributed by atoms with Crippen LogP contribution in [0, 0.1) is 12.7 Å². The molecule has 0 unspecified atom stereocenters. The van der Waals surface area contributed by atoms with E-state index >= 15 is 0 Å². The number of hydrogen-bond donors (Lipinski definition) is 1. The normalized spacial score (nSPS) is 11.4. The standard InChI is InChI=1S/C23H20FNO4/c1-16-11-13-18(14-12-16)25-23(27)22(17-7-3-2-4-8-17)29-21(26)15-28-20-10-6-5-9-19(20)24/h2-14,22H,15H2,1H3,(H,25,27)/t22-/m1/s1. The first-order valence-corrected chi connectivity index (χ1v) is 9.02. The van der Waals surface area contributed by atoms with E-state index in [-0.39, 0.29) is 5.75 Å². The summed E-state index contributed by atoms with van der Waals surface area (Å²) >= 11 is 0. The van der Waals surface area contributed by atoms with Gasteiger partial charge in [-0.3, -0.25) is 4.79 Å². The topological polar surface area (TPSA) is 64.6 Å². The Morgan fingerprint density at radius 1 is 0.931 bits per heavy atom. The minimum absolute atomic E-state index is 0.0650. The van der Waals surface area contributed by atoms with Crippen LogP contribution >= 0.6 is 0 Å². The zero-order valence-electron chi connectivity index (χ0n) is 15.8. The van der Waals surface area contributed by atoms with Gasteiger partial charge in [-0.05, 0) is 31.2 Å². The molecule has 0 heterocycles. The fourth-order valence-corrected chi connectivity index (χ4v) is 2.61. The first-order chi connectivity index (χ1) is 14.0. The van der Waals surface area contributed by atoms with Crippen molar-refractivity contribution >= 4 is 17.6 Å². The number of esters is 1. The minimum atomic E-state index is -1.17. The number of benzene rings is 3. The van der Waals surface area contributed by atoms with Crippen molar-refractivity contribution < 1.29 is 23.5 Å². The number of nitrogens with one attached hydrogen (secondary N) is 1. The molecule has 0 radical (unpaired) electrons. The van der Waals surface area contributed by atoms with E-state index in [1.165, 1.54) is 18.2 Å². The Hall–Kier alpha value is -3.67. The van der Waals surface area contributed by atoms with Gasteiger partial charge in [-0.2, -0.15) is 0 Å². The summed E-state index contributed by atoms with van der Waals surface area (Å²) in [6, 6.07) is 21.6. The fourth-order valence-electron chi connectivity index (χ4n) is 2.61. The maximum atomic E-state index is 13.6. The molecular weight excluding hydrogens is 373 g/mol. The molecule has 0 aliphatic rings. The first-order valence-electron chi connectivity index (χ1n) is 9.02. The van der Waals surface area contributed by atoms with E-state index in [2.05, 4.69) is 5.32 Å². The van der Waals surface area contributed by atoms with Gasteiger partial charge in [0, 0.05) is 11.3 Å². The Morgan fingerprint density at radius 2 is 1.59 bits per heavy atom. The number of halogens is 1. The van der Waals surface area contributed by atoms with Crippen molar-refractivity contribution in [3.63, 3.8) is 0 Å². The lowest BCUT2D eigenvalue weighted by atomic mass is 10.1. The van der Waals surface area contributed by atoms with Crippen LogP contribution in [0.3, 0.4) is 0 Å². The Morgan fingerprint density at radius 3 is 2.28 bits per heavy atom. The highest BCUT2D eigenvalue weighted by atomic mass is 19.1. The molecule has 6 heteroatoms. The second kappa shape index (κ2) is 9.50. The number of para-hydroxylation sites is 1. The van der Waals surface area contributed by atoms with Crippen molar-refractivity contribution in [2.24, 2.45) is 0 Å². The molecule has 3 rings (SSSR count). The summed E-state index contributed by atoms with van der Waals surface area (Å²) in [5, 5.41) is 2.74. The highest BCUT2D eigenvalue weighted by molar-refractivity contribution is 5.96. The van der Waals surface area contributed by atoms with Gasteiger partial charge in [-0.1, -0.05) is 60.2 Å². The third kappa shape index (κ3) is 5.65. The number of carbonyl (C=O) groups is 2. The van der Waals surface area contributed by atoms with Crippen LogP contribution in [-0.4, -0.2) is 18.5 Å². The van der Waals surface area contributed by atoms with Crippen LogP contribution < -0.4 is 10.1 Å². The smallest absolute Gasteiger partial charge is 0.345 e. The molecule has 29 heavy (non-hydrogen) atoms. The van der Waals surface area contributed by atoms with E-state index in [1.807, 2.05) is 19.1 Å². The van der Waals surface area contributed by atoms with Gasteiger partial charge in [0.05, 0.1) is 0 Å². The highest BCUT2D eigenvalue weighted by Crippen LogP contribution is 2.21. The number of carbonyl (C=O) groups excluding carboxylic acids is 2. The average molecular weight is 393 g/mol.